The molecule has 0 unspecified atom stereocenters. The number of thiophene rings is 1. The third-order valence-corrected chi connectivity index (χ3v) is 4.52. The van der Waals surface area contributed by atoms with Crippen molar-refractivity contribution in [1.82, 2.24) is 0 Å². The van der Waals surface area contributed by atoms with Gasteiger partial charge in [-0.1, -0.05) is 0 Å². The molecule has 20 heavy (non-hydrogen) atoms. The molecule has 0 aromatic carbocycles. The molecule has 5 nitrogen and oxygen atoms in total. The molecule has 0 radical (unpaired) electrons. The van der Waals surface area contributed by atoms with Crippen LogP contribution in [0.25, 0.3) is 6.08 Å². The number of nitrogens with one attached hydrogen (secondary N) is 1. The Kier molecular flexibility index (Phi) is 4.10. The summed E-state index contributed by atoms with van der Waals surface area (Å²) in [5.41, 5.74) is 0. The van der Waals surface area contributed by atoms with Crippen LogP contribution in [-0.2, 0) is 14.6 Å². The van der Waals surface area contributed by atoms with E-state index in [1.54, 1.807) is 24.4 Å². The molecule has 1 N–H and O–H groups in total. The van der Waals surface area contributed by atoms with Gasteiger partial charge in [0.2, 0.25) is 5.91 Å². The van der Waals surface area contributed by atoms with Crippen LogP contribution in [0, 0.1) is 6.92 Å². The third-order valence-electron chi connectivity index (χ3n) is 2.43. The Morgan fingerprint density at radius 2 is 2.10 bits per heavy atom. The summed E-state index contributed by atoms with van der Waals surface area (Å²) in [7, 11) is -3.35. The van der Waals surface area contributed by atoms with Gasteiger partial charge in [-0.15, -0.1) is 11.3 Å². The van der Waals surface area contributed by atoms with Crippen LogP contribution in [0.15, 0.2) is 39.0 Å². The molecule has 2 rings (SSSR count). The Morgan fingerprint density at radius 3 is 2.70 bits per heavy atom. The quantitative estimate of drug-likeness (QED) is 0.881. The fraction of sp³-hybridized carbons (Fsp3) is 0.154. The Hall–Kier alpha value is -1.86. The molecule has 2 aromatic rings. The monoisotopic (exact) mass is 311 g/mol. The zero-order valence-electron chi connectivity index (χ0n) is 10.9. The largest absolute Gasteiger partial charge is 0.462 e. The maximum absolute atomic E-state index is 11.7. The first-order chi connectivity index (χ1) is 9.36. The van der Waals surface area contributed by atoms with Crippen LogP contribution in [0.1, 0.15) is 11.5 Å². The lowest BCUT2D eigenvalue weighted by atomic mass is 10.4. The number of hydrogen-bond donors (Lipinski definition) is 1. The van der Waals surface area contributed by atoms with Gasteiger partial charge in [0.15, 0.2) is 9.84 Å². The molecule has 0 aliphatic carbocycles. The number of amides is 1. The number of rotatable bonds is 4. The highest BCUT2D eigenvalue weighted by Gasteiger charge is 2.15. The van der Waals surface area contributed by atoms with E-state index < -0.39 is 15.7 Å². The van der Waals surface area contributed by atoms with Crippen LogP contribution >= 0.6 is 11.3 Å². The van der Waals surface area contributed by atoms with E-state index in [2.05, 4.69) is 5.32 Å². The number of furan rings is 1. The molecule has 0 atom stereocenters. The lowest BCUT2D eigenvalue weighted by Crippen LogP contribution is -2.09. The molecule has 0 spiro atoms. The van der Waals surface area contributed by atoms with E-state index in [1.165, 1.54) is 18.2 Å². The number of hydrogen-bond acceptors (Lipinski definition) is 5. The second kappa shape index (κ2) is 5.64. The lowest BCUT2D eigenvalue weighted by Gasteiger charge is -2.01. The average Bonchev–Trinajstić information content (AvgIpc) is 2.94. The van der Waals surface area contributed by atoms with Crippen LogP contribution < -0.4 is 5.32 Å². The molecule has 1 amide bonds. The van der Waals surface area contributed by atoms with E-state index >= 15 is 0 Å². The Bertz CT molecular complexity index is 753. The smallest absolute Gasteiger partial charge is 0.249 e. The zero-order chi connectivity index (χ0) is 14.8. The summed E-state index contributed by atoms with van der Waals surface area (Å²) < 4.78 is 28.3. The highest BCUT2D eigenvalue weighted by molar-refractivity contribution is 7.91. The predicted molar refractivity (Wildman–Crippen MR) is 78.5 cm³/mol. The van der Waals surface area contributed by atoms with Crippen molar-refractivity contribution in [2.45, 2.75) is 11.8 Å². The molecule has 0 aliphatic heterocycles. The molecule has 0 saturated heterocycles. The van der Waals surface area contributed by atoms with Gasteiger partial charge in [-0.2, -0.15) is 0 Å². The van der Waals surface area contributed by atoms with Gasteiger partial charge in [0.05, 0.1) is 0 Å². The standard InChI is InChI=1S/C13H13NO4S2/c1-9-3-4-10(18-9)5-6-12(15)14-13-11(7-8-19-13)20(2,16)17/h3-8H,1-2H3,(H,14,15)/b6-5-. The van der Waals surface area contributed by atoms with Gasteiger partial charge in [0.25, 0.3) is 0 Å². The average molecular weight is 311 g/mol. The fourth-order valence-corrected chi connectivity index (χ4v) is 3.61. The molecule has 0 aliphatic rings. The minimum absolute atomic E-state index is 0.123. The minimum atomic E-state index is -3.35. The predicted octanol–water partition coefficient (Wildman–Crippen LogP) is 2.70. The topological polar surface area (TPSA) is 76.4 Å². The van der Waals surface area contributed by atoms with Gasteiger partial charge in [0, 0.05) is 12.3 Å². The van der Waals surface area contributed by atoms with Gasteiger partial charge < -0.3 is 9.73 Å². The first-order valence-electron chi connectivity index (χ1n) is 5.69. The molecule has 0 fully saturated rings. The van der Waals surface area contributed by atoms with E-state index in [-0.39, 0.29) is 4.90 Å². The van der Waals surface area contributed by atoms with Crippen molar-refractivity contribution < 1.29 is 17.6 Å². The number of sulfone groups is 1. The minimum Gasteiger partial charge on any atom is -0.462 e. The van der Waals surface area contributed by atoms with Crippen molar-refractivity contribution in [3.8, 4) is 0 Å². The number of aryl methyl sites for hydroxylation is 1. The van der Waals surface area contributed by atoms with Gasteiger partial charge in [-0.25, -0.2) is 8.42 Å². The maximum atomic E-state index is 11.7. The molecular formula is C13H13NO4S2. The first-order valence-corrected chi connectivity index (χ1v) is 8.46. The van der Waals surface area contributed by atoms with Crippen LogP contribution in [0.3, 0.4) is 0 Å². The number of anilines is 1. The van der Waals surface area contributed by atoms with E-state index in [0.29, 0.717) is 10.8 Å². The van der Waals surface area contributed by atoms with Gasteiger partial charge >= 0.3 is 0 Å². The van der Waals surface area contributed by atoms with Crippen molar-refractivity contribution in [2.24, 2.45) is 0 Å². The van der Waals surface area contributed by atoms with Crippen molar-refractivity contribution >= 4 is 38.2 Å². The zero-order valence-corrected chi connectivity index (χ0v) is 12.5. The highest BCUT2D eigenvalue weighted by Crippen LogP contribution is 2.27. The summed E-state index contributed by atoms with van der Waals surface area (Å²) in [6, 6.07) is 5.00. The molecular weight excluding hydrogens is 298 g/mol. The van der Waals surface area contributed by atoms with Crippen molar-refractivity contribution in [3.63, 3.8) is 0 Å². The van der Waals surface area contributed by atoms with Gasteiger partial charge in [-0.05, 0) is 36.6 Å². The van der Waals surface area contributed by atoms with Crippen molar-refractivity contribution in [3.05, 3.63) is 41.2 Å². The molecule has 2 aromatic heterocycles. The van der Waals surface area contributed by atoms with Crippen LogP contribution in [0.2, 0.25) is 0 Å². The third kappa shape index (κ3) is 3.58. The Morgan fingerprint density at radius 1 is 1.35 bits per heavy atom. The lowest BCUT2D eigenvalue weighted by molar-refractivity contribution is -0.111. The van der Waals surface area contributed by atoms with Gasteiger partial charge in [-0.3, -0.25) is 4.79 Å². The fourth-order valence-electron chi connectivity index (χ4n) is 1.54. The number of carbonyl (C=O) groups is 1. The second-order valence-electron chi connectivity index (χ2n) is 4.16. The highest BCUT2D eigenvalue weighted by atomic mass is 32.2. The summed E-state index contributed by atoms with van der Waals surface area (Å²) in [6.07, 6.45) is 3.92. The second-order valence-corrected chi connectivity index (χ2v) is 7.06. The summed E-state index contributed by atoms with van der Waals surface area (Å²) in [4.78, 5) is 11.9. The molecule has 0 saturated carbocycles. The van der Waals surface area contributed by atoms with E-state index in [9.17, 15) is 13.2 Å². The van der Waals surface area contributed by atoms with Crippen molar-refractivity contribution in [1.29, 1.82) is 0 Å². The maximum Gasteiger partial charge on any atom is 0.249 e. The molecule has 7 heteroatoms. The van der Waals surface area contributed by atoms with Crippen molar-refractivity contribution in [2.75, 3.05) is 11.6 Å². The normalized spacial score (nSPS) is 11.9. The number of carbonyl (C=O) groups excluding carboxylic acids is 1. The summed E-state index contributed by atoms with van der Waals surface area (Å²) in [5, 5.41) is 4.48. The molecule has 106 valence electrons. The van der Waals surface area contributed by atoms with Crippen LogP contribution in [0.5, 0.6) is 0 Å². The van der Waals surface area contributed by atoms with Crippen LogP contribution in [0.4, 0.5) is 5.00 Å². The van der Waals surface area contributed by atoms with E-state index in [4.69, 9.17) is 4.42 Å². The first kappa shape index (κ1) is 14.5. The van der Waals surface area contributed by atoms with Crippen LogP contribution in [-0.4, -0.2) is 20.6 Å². The SMILES string of the molecule is Cc1ccc(/C=C\C(=O)Nc2sccc2S(C)(=O)=O)o1. The summed E-state index contributed by atoms with van der Waals surface area (Å²) in [5.74, 6) is 0.904. The van der Waals surface area contributed by atoms with Gasteiger partial charge in [0.1, 0.15) is 21.4 Å². The van der Waals surface area contributed by atoms with E-state index in [1.807, 2.05) is 0 Å². The Labute approximate surface area is 120 Å². The summed E-state index contributed by atoms with van der Waals surface area (Å²) in [6.45, 7) is 1.81. The summed E-state index contributed by atoms with van der Waals surface area (Å²) >= 11 is 1.16. The van der Waals surface area contributed by atoms with E-state index in [0.717, 1.165) is 23.4 Å². The molecule has 0 bridgehead atoms. The Balaban J connectivity index is 2.09. The molecule has 2 heterocycles.